The van der Waals surface area contributed by atoms with Crippen molar-refractivity contribution in [1.29, 1.82) is 0 Å². The average Bonchev–Trinajstić information content (AvgIpc) is 2.63. The Labute approximate surface area is 136 Å². The zero-order valence-electron chi connectivity index (χ0n) is 13.3. The van der Waals surface area contributed by atoms with Crippen LogP contribution in [0.3, 0.4) is 0 Å². The summed E-state index contributed by atoms with van der Waals surface area (Å²) in [4.78, 5) is 2.47. The van der Waals surface area contributed by atoms with Crippen LogP contribution in [0.4, 0.5) is 0 Å². The first-order chi connectivity index (χ1) is 11.3. The molecule has 0 aliphatic carbocycles. The van der Waals surface area contributed by atoms with E-state index < -0.39 is 0 Å². The topological polar surface area (TPSA) is 47.5 Å². The molecule has 5 nitrogen and oxygen atoms in total. The highest BCUT2D eigenvalue weighted by Crippen LogP contribution is 2.31. The van der Waals surface area contributed by atoms with Crippen LogP contribution in [-0.4, -0.2) is 47.9 Å². The Morgan fingerprint density at radius 1 is 1.04 bits per heavy atom. The standard InChI is InChI=1S/C18H21N3O2/c1-22-16-5-3-2-4-14(16)15-6-7-18(20-19-15)23-17-12-21-10-8-13(17)9-11-21/h2-7,13,17H,8-12H2,1H3. The van der Waals surface area contributed by atoms with E-state index in [0.29, 0.717) is 11.8 Å². The van der Waals surface area contributed by atoms with Crippen LogP contribution >= 0.6 is 0 Å². The van der Waals surface area contributed by atoms with E-state index in [-0.39, 0.29) is 6.10 Å². The van der Waals surface area contributed by atoms with Crippen molar-refractivity contribution in [2.45, 2.75) is 18.9 Å². The quantitative estimate of drug-likeness (QED) is 0.868. The number of hydrogen-bond acceptors (Lipinski definition) is 5. The maximum atomic E-state index is 6.09. The van der Waals surface area contributed by atoms with Gasteiger partial charge in [0.2, 0.25) is 5.88 Å². The average molecular weight is 311 g/mol. The maximum absolute atomic E-state index is 6.09. The molecule has 1 aromatic carbocycles. The molecule has 0 spiro atoms. The molecule has 0 saturated carbocycles. The van der Waals surface area contributed by atoms with Crippen LogP contribution in [0, 0.1) is 5.92 Å². The van der Waals surface area contributed by atoms with Crippen molar-refractivity contribution in [1.82, 2.24) is 15.1 Å². The first kappa shape index (κ1) is 14.5. The molecule has 1 unspecified atom stereocenters. The lowest BCUT2D eigenvalue weighted by Gasteiger charge is -2.44. The first-order valence-corrected chi connectivity index (χ1v) is 8.19. The molecule has 23 heavy (non-hydrogen) atoms. The van der Waals surface area contributed by atoms with E-state index in [1.807, 2.05) is 36.4 Å². The van der Waals surface area contributed by atoms with E-state index in [4.69, 9.17) is 9.47 Å². The van der Waals surface area contributed by atoms with Crippen LogP contribution in [-0.2, 0) is 0 Å². The van der Waals surface area contributed by atoms with Crippen molar-refractivity contribution in [3.05, 3.63) is 36.4 Å². The summed E-state index contributed by atoms with van der Waals surface area (Å²) in [6.45, 7) is 3.44. The fraction of sp³-hybridized carbons (Fsp3) is 0.444. The molecule has 3 fully saturated rings. The molecular formula is C18H21N3O2. The lowest BCUT2D eigenvalue weighted by molar-refractivity contribution is -0.0103. The smallest absolute Gasteiger partial charge is 0.233 e. The highest BCUT2D eigenvalue weighted by atomic mass is 16.5. The lowest BCUT2D eigenvalue weighted by atomic mass is 9.86. The Kier molecular flexibility index (Phi) is 3.87. The summed E-state index contributed by atoms with van der Waals surface area (Å²) in [6.07, 6.45) is 2.72. The highest BCUT2D eigenvalue weighted by molar-refractivity contribution is 5.66. The Bertz CT molecular complexity index is 666. The fourth-order valence-corrected chi connectivity index (χ4v) is 3.58. The minimum absolute atomic E-state index is 0.254. The number of piperidine rings is 3. The van der Waals surface area contributed by atoms with Crippen molar-refractivity contribution >= 4 is 0 Å². The van der Waals surface area contributed by atoms with Gasteiger partial charge >= 0.3 is 0 Å². The van der Waals surface area contributed by atoms with E-state index in [0.717, 1.165) is 23.6 Å². The molecule has 0 N–H and O–H groups in total. The largest absolute Gasteiger partial charge is 0.496 e. The number of ether oxygens (including phenoxy) is 2. The second-order valence-electron chi connectivity index (χ2n) is 6.25. The number of aromatic nitrogens is 2. The minimum atomic E-state index is 0.254. The third-order valence-electron chi connectivity index (χ3n) is 4.89. The third-order valence-corrected chi connectivity index (χ3v) is 4.89. The number of hydrogen-bond donors (Lipinski definition) is 0. The molecule has 0 amide bonds. The van der Waals surface area contributed by atoms with E-state index in [2.05, 4.69) is 15.1 Å². The van der Waals surface area contributed by atoms with E-state index in [1.165, 1.54) is 25.9 Å². The van der Waals surface area contributed by atoms with Crippen molar-refractivity contribution in [2.24, 2.45) is 5.92 Å². The monoisotopic (exact) mass is 311 g/mol. The second kappa shape index (κ2) is 6.16. The number of para-hydroxylation sites is 1. The summed E-state index contributed by atoms with van der Waals surface area (Å²) in [7, 11) is 1.66. The zero-order chi connectivity index (χ0) is 15.6. The van der Waals surface area contributed by atoms with Crippen molar-refractivity contribution < 1.29 is 9.47 Å². The number of benzene rings is 1. The molecule has 3 saturated heterocycles. The Morgan fingerprint density at radius 3 is 2.52 bits per heavy atom. The highest BCUT2D eigenvalue weighted by Gasteiger charge is 2.35. The molecule has 3 aliphatic rings. The van der Waals surface area contributed by atoms with Crippen LogP contribution in [0.1, 0.15) is 12.8 Å². The SMILES string of the molecule is COc1ccccc1-c1ccc(OC2CN3CCC2CC3)nn1. The molecule has 2 bridgehead atoms. The van der Waals surface area contributed by atoms with E-state index >= 15 is 0 Å². The summed E-state index contributed by atoms with van der Waals surface area (Å²) in [5.41, 5.74) is 1.74. The van der Waals surface area contributed by atoms with Gasteiger partial charge in [-0.2, -0.15) is 0 Å². The summed E-state index contributed by atoms with van der Waals surface area (Å²) in [5, 5.41) is 8.58. The molecule has 0 radical (unpaired) electrons. The van der Waals surface area contributed by atoms with Gasteiger partial charge in [0, 0.05) is 18.2 Å². The lowest BCUT2D eigenvalue weighted by Crippen LogP contribution is -2.52. The van der Waals surface area contributed by atoms with Gasteiger partial charge in [0.05, 0.1) is 12.8 Å². The van der Waals surface area contributed by atoms with Gasteiger partial charge < -0.3 is 9.47 Å². The van der Waals surface area contributed by atoms with Crippen LogP contribution in [0.5, 0.6) is 11.6 Å². The zero-order valence-corrected chi connectivity index (χ0v) is 13.3. The fourth-order valence-electron chi connectivity index (χ4n) is 3.58. The Morgan fingerprint density at radius 2 is 1.87 bits per heavy atom. The second-order valence-corrected chi connectivity index (χ2v) is 6.25. The first-order valence-electron chi connectivity index (χ1n) is 8.19. The van der Waals surface area contributed by atoms with Gasteiger partial charge in [0.25, 0.3) is 0 Å². The molecule has 1 aromatic heterocycles. The summed E-state index contributed by atoms with van der Waals surface area (Å²) in [5.74, 6) is 2.07. The van der Waals surface area contributed by atoms with Crippen molar-refractivity contribution in [2.75, 3.05) is 26.7 Å². The third kappa shape index (κ3) is 2.88. The molecule has 4 heterocycles. The number of rotatable bonds is 4. The Balaban J connectivity index is 1.50. The van der Waals surface area contributed by atoms with Crippen LogP contribution < -0.4 is 9.47 Å². The molecule has 3 aliphatic heterocycles. The number of nitrogens with zero attached hydrogens (tertiary/aromatic N) is 3. The number of fused-ring (bicyclic) bond motifs is 3. The summed E-state index contributed by atoms with van der Waals surface area (Å²) < 4.78 is 11.5. The van der Waals surface area contributed by atoms with Crippen molar-refractivity contribution in [3.63, 3.8) is 0 Å². The normalized spacial score (nSPS) is 26.0. The molecule has 120 valence electrons. The summed E-state index contributed by atoms with van der Waals surface area (Å²) in [6, 6.07) is 11.7. The molecule has 5 heteroatoms. The van der Waals surface area contributed by atoms with Crippen LogP contribution in [0.15, 0.2) is 36.4 Å². The van der Waals surface area contributed by atoms with Gasteiger partial charge in [-0.1, -0.05) is 12.1 Å². The molecule has 2 aromatic rings. The van der Waals surface area contributed by atoms with E-state index in [1.54, 1.807) is 7.11 Å². The van der Waals surface area contributed by atoms with Crippen LogP contribution in [0.25, 0.3) is 11.3 Å². The van der Waals surface area contributed by atoms with Gasteiger partial charge in [0.1, 0.15) is 11.9 Å². The van der Waals surface area contributed by atoms with Gasteiger partial charge in [-0.25, -0.2) is 0 Å². The van der Waals surface area contributed by atoms with Gasteiger partial charge in [-0.3, -0.25) is 4.90 Å². The molecule has 1 atom stereocenters. The van der Waals surface area contributed by atoms with Gasteiger partial charge in [0.15, 0.2) is 0 Å². The van der Waals surface area contributed by atoms with Crippen molar-refractivity contribution in [3.8, 4) is 22.9 Å². The molecular weight excluding hydrogens is 290 g/mol. The Hall–Kier alpha value is -2.14. The van der Waals surface area contributed by atoms with Gasteiger partial charge in [-0.15, -0.1) is 10.2 Å². The number of methoxy groups -OCH3 is 1. The predicted molar refractivity (Wildman–Crippen MR) is 87.6 cm³/mol. The maximum Gasteiger partial charge on any atom is 0.233 e. The van der Waals surface area contributed by atoms with Crippen LogP contribution in [0.2, 0.25) is 0 Å². The molecule has 5 rings (SSSR count). The van der Waals surface area contributed by atoms with E-state index in [9.17, 15) is 0 Å². The minimum Gasteiger partial charge on any atom is -0.496 e. The van der Waals surface area contributed by atoms with Gasteiger partial charge in [-0.05, 0) is 50.0 Å². The summed E-state index contributed by atoms with van der Waals surface area (Å²) >= 11 is 0. The predicted octanol–water partition coefficient (Wildman–Crippen LogP) is 2.63.